The zero-order valence-electron chi connectivity index (χ0n) is 13.4. The van der Waals surface area contributed by atoms with Gasteiger partial charge in [-0.25, -0.2) is 0 Å². The quantitative estimate of drug-likeness (QED) is 0.564. The molecule has 4 heteroatoms. The van der Waals surface area contributed by atoms with E-state index in [9.17, 15) is 9.90 Å². The van der Waals surface area contributed by atoms with Crippen LogP contribution in [0.5, 0.6) is 11.5 Å². The van der Waals surface area contributed by atoms with Gasteiger partial charge < -0.3 is 14.6 Å². The number of hydrogen-bond acceptors (Lipinski definition) is 4. The van der Waals surface area contributed by atoms with E-state index < -0.39 is 6.10 Å². The van der Waals surface area contributed by atoms with Gasteiger partial charge in [-0.05, 0) is 23.8 Å². The first kappa shape index (κ1) is 17.5. The van der Waals surface area contributed by atoms with E-state index in [4.69, 9.17) is 9.47 Å². The molecule has 0 saturated heterocycles. The SMILES string of the molecule is C=CCOc1cccc(C(O)c2ccc(C=O)cc2OCC=C)c1. The molecule has 0 fully saturated rings. The van der Waals surface area contributed by atoms with Gasteiger partial charge in [-0.3, -0.25) is 4.79 Å². The van der Waals surface area contributed by atoms with Crippen LogP contribution in [0.4, 0.5) is 0 Å². The molecular weight excluding hydrogens is 304 g/mol. The molecule has 0 saturated carbocycles. The van der Waals surface area contributed by atoms with Gasteiger partial charge in [0, 0.05) is 11.1 Å². The highest BCUT2D eigenvalue weighted by Gasteiger charge is 2.17. The Balaban J connectivity index is 2.33. The van der Waals surface area contributed by atoms with Crippen LogP contribution in [0.3, 0.4) is 0 Å². The fraction of sp³-hybridized carbons (Fsp3) is 0.150. The Morgan fingerprint density at radius 1 is 1.04 bits per heavy atom. The standard InChI is InChI=1S/C20H20O4/c1-3-10-23-17-7-5-6-16(13-17)20(22)18-9-8-15(14-21)12-19(18)24-11-4-2/h3-9,12-14,20,22H,1-2,10-11H2. The lowest BCUT2D eigenvalue weighted by atomic mass is 9.99. The van der Waals surface area contributed by atoms with E-state index >= 15 is 0 Å². The topological polar surface area (TPSA) is 55.8 Å². The molecule has 0 heterocycles. The Morgan fingerprint density at radius 2 is 1.79 bits per heavy atom. The summed E-state index contributed by atoms with van der Waals surface area (Å²) in [6, 6.07) is 12.1. The molecule has 1 atom stereocenters. The molecule has 2 aromatic carbocycles. The van der Waals surface area contributed by atoms with Gasteiger partial charge in [0.1, 0.15) is 37.1 Å². The first-order valence-electron chi connectivity index (χ1n) is 7.54. The third-order valence-corrected chi connectivity index (χ3v) is 3.37. The minimum absolute atomic E-state index is 0.282. The van der Waals surface area contributed by atoms with Crippen LogP contribution in [0.15, 0.2) is 67.8 Å². The van der Waals surface area contributed by atoms with E-state index in [2.05, 4.69) is 13.2 Å². The number of ether oxygens (including phenoxy) is 2. The van der Waals surface area contributed by atoms with Crippen molar-refractivity contribution in [2.75, 3.05) is 13.2 Å². The fourth-order valence-corrected chi connectivity index (χ4v) is 2.23. The lowest BCUT2D eigenvalue weighted by molar-refractivity contribution is 0.112. The number of rotatable bonds is 9. The Labute approximate surface area is 141 Å². The molecule has 0 aliphatic carbocycles. The lowest BCUT2D eigenvalue weighted by Crippen LogP contribution is -2.05. The van der Waals surface area contributed by atoms with Crippen molar-refractivity contribution in [2.45, 2.75) is 6.10 Å². The van der Waals surface area contributed by atoms with Crippen molar-refractivity contribution in [3.05, 3.63) is 84.5 Å². The first-order chi connectivity index (χ1) is 11.7. The number of benzene rings is 2. The van der Waals surface area contributed by atoms with Crippen LogP contribution in [0.25, 0.3) is 0 Å². The maximum Gasteiger partial charge on any atom is 0.150 e. The molecule has 2 aromatic rings. The summed E-state index contributed by atoms with van der Waals surface area (Å²) in [5.74, 6) is 1.09. The second-order valence-electron chi connectivity index (χ2n) is 5.09. The van der Waals surface area contributed by atoms with E-state index in [0.717, 1.165) is 6.29 Å². The van der Waals surface area contributed by atoms with Crippen LogP contribution < -0.4 is 9.47 Å². The highest BCUT2D eigenvalue weighted by atomic mass is 16.5. The normalized spacial score (nSPS) is 11.4. The van der Waals surface area contributed by atoms with E-state index in [1.807, 2.05) is 6.07 Å². The van der Waals surface area contributed by atoms with E-state index in [1.165, 1.54) is 0 Å². The van der Waals surface area contributed by atoms with Crippen molar-refractivity contribution < 1.29 is 19.4 Å². The summed E-state index contributed by atoms with van der Waals surface area (Å²) in [6.45, 7) is 7.89. The molecule has 0 aliphatic rings. The number of aliphatic hydroxyl groups excluding tert-OH is 1. The van der Waals surface area contributed by atoms with Crippen LogP contribution in [-0.2, 0) is 0 Å². The van der Waals surface area contributed by atoms with Gasteiger partial charge >= 0.3 is 0 Å². The molecule has 2 rings (SSSR count). The summed E-state index contributed by atoms with van der Waals surface area (Å²) in [5.41, 5.74) is 1.72. The average molecular weight is 324 g/mol. The van der Waals surface area contributed by atoms with Crippen molar-refractivity contribution in [3.63, 3.8) is 0 Å². The van der Waals surface area contributed by atoms with Crippen LogP contribution in [0.2, 0.25) is 0 Å². The zero-order chi connectivity index (χ0) is 17.4. The third-order valence-electron chi connectivity index (χ3n) is 3.37. The predicted molar refractivity (Wildman–Crippen MR) is 93.7 cm³/mol. The van der Waals surface area contributed by atoms with Gasteiger partial charge in [0.2, 0.25) is 0 Å². The van der Waals surface area contributed by atoms with Crippen molar-refractivity contribution in [2.24, 2.45) is 0 Å². The zero-order valence-corrected chi connectivity index (χ0v) is 13.4. The third kappa shape index (κ3) is 4.33. The summed E-state index contributed by atoms with van der Waals surface area (Å²) < 4.78 is 11.1. The van der Waals surface area contributed by atoms with Crippen molar-refractivity contribution >= 4 is 6.29 Å². The van der Waals surface area contributed by atoms with Crippen molar-refractivity contribution in [3.8, 4) is 11.5 Å². The van der Waals surface area contributed by atoms with Gasteiger partial charge in [-0.1, -0.05) is 49.6 Å². The van der Waals surface area contributed by atoms with Gasteiger partial charge in [-0.15, -0.1) is 0 Å². The first-order valence-corrected chi connectivity index (χ1v) is 7.54. The molecule has 0 aliphatic heterocycles. The van der Waals surface area contributed by atoms with Crippen LogP contribution in [-0.4, -0.2) is 24.6 Å². The Hall–Kier alpha value is -2.85. The minimum Gasteiger partial charge on any atom is -0.490 e. The fourth-order valence-electron chi connectivity index (χ4n) is 2.23. The summed E-state index contributed by atoms with van der Waals surface area (Å²) in [6.07, 6.45) is 3.09. The van der Waals surface area contributed by atoms with E-state index in [-0.39, 0.29) is 6.61 Å². The molecule has 0 amide bonds. The van der Waals surface area contributed by atoms with Gasteiger partial charge in [-0.2, -0.15) is 0 Å². The molecule has 0 bridgehead atoms. The maximum atomic E-state index is 11.0. The predicted octanol–water partition coefficient (Wildman–Crippen LogP) is 3.71. The second-order valence-corrected chi connectivity index (χ2v) is 5.09. The number of carbonyl (C=O) groups is 1. The van der Waals surface area contributed by atoms with Crippen molar-refractivity contribution in [1.82, 2.24) is 0 Å². The molecular formula is C20H20O4. The maximum absolute atomic E-state index is 11.0. The van der Waals surface area contributed by atoms with Crippen molar-refractivity contribution in [1.29, 1.82) is 0 Å². The molecule has 24 heavy (non-hydrogen) atoms. The van der Waals surface area contributed by atoms with Gasteiger partial charge in [0.05, 0.1) is 0 Å². The number of carbonyl (C=O) groups excluding carboxylic acids is 1. The number of aldehydes is 1. The van der Waals surface area contributed by atoms with Crippen LogP contribution >= 0.6 is 0 Å². The largest absolute Gasteiger partial charge is 0.490 e. The molecule has 0 spiro atoms. The van der Waals surface area contributed by atoms with Gasteiger partial charge in [0.15, 0.2) is 0 Å². The summed E-state index contributed by atoms with van der Waals surface area (Å²) >= 11 is 0. The Bertz CT molecular complexity index is 721. The van der Waals surface area contributed by atoms with Gasteiger partial charge in [0.25, 0.3) is 0 Å². The Morgan fingerprint density at radius 3 is 2.50 bits per heavy atom. The minimum atomic E-state index is -0.905. The molecule has 124 valence electrons. The van der Waals surface area contributed by atoms with E-state index in [1.54, 1.807) is 48.6 Å². The molecule has 1 unspecified atom stereocenters. The van der Waals surface area contributed by atoms with E-state index in [0.29, 0.717) is 34.8 Å². The summed E-state index contributed by atoms with van der Waals surface area (Å²) in [5, 5.41) is 10.7. The summed E-state index contributed by atoms with van der Waals surface area (Å²) in [4.78, 5) is 11.0. The summed E-state index contributed by atoms with van der Waals surface area (Å²) in [7, 11) is 0. The monoisotopic (exact) mass is 324 g/mol. The van der Waals surface area contributed by atoms with Crippen LogP contribution in [0.1, 0.15) is 27.6 Å². The number of hydrogen-bond donors (Lipinski definition) is 1. The molecule has 4 nitrogen and oxygen atoms in total. The average Bonchev–Trinajstić information content (AvgIpc) is 2.64. The Kier molecular flexibility index (Phi) is 6.34. The second kappa shape index (κ2) is 8.70. The lowest BCUT2D eigenvalue weighted by Gasteiger charge is -2.17. The highest BCUT2D eigenvalue weighted by molar-refractivity contribution is 5.76. The molecule has 0 radical (unpaired) electrons. The van der Waals surface area contributed by atoms with Crippen LogP contribution in [0, 0.1) is 0 Å². The highest BCUT2D eigenvalue weighted by Crippen LogP contribution is 2.32. The molecule has 0 aromatic heterocycles. The smallest absolute Gasteiger partial charge is 0.150 e. The number of aliphatic hydroxyl groups is 1. The molecule has 1 N–H and O–H groups in total.